The number of aryl methyl sites for hydroxylation is 2. The highest BCUT2D eigenvalue weighted by Crippen LogP contribution is 2.25. The molecule has 1 saturated heterocycles. The van der Waals surface area contributed by atoms with Gasteiger partial charge in [0.25, 0.3) is 0 Å². The van der Waals surface area contributed by atoms with E-state index in [0.717, 1.165) is 18.5 Å². The van der Waals surface area contributed by atoms with E-state index in [4.69, 9.17) is 4.74 Å². The van der Waals surface area contributed by atoms with E-state index in [1.165, 1.54) is 5.56 Å². The Balaban J connectivity index is 1.59. The fourth-order valence-electron chi connectivity index (χ4n) is 3.45. The summed E-state index contributed by atoms with van der Waals surface area (Å²) in [6, 6.07) is 9.99. The van der Waals surface area contributed by atoms with Crippen LogP contribution in [0.15, 0.2) is 42.7 Å². The van der Waals surface area contributed by atoms with E-state index < -0.39 is 5.60 Å². The maximum absolute atomic E-state index is 12.6. The number of hydrogen-bond donors (Lipinski definition) is 1. The van der Waals surface area contributed by atoms with Crippen LogP contribution in [0.1, 0.15) is 24.0 Å². The van der Waals surface area contributed by atoms with Gasteiger partial charge in [-0.15, -0.1) is 0 Å². The molecule has 0 spiro atoms. The lowest BCUT2D eigenvalue weighted by molar-refractivity contribution is -0.158. The van der Waals surface area contributed by atoms with Crippen molar-refractivity contribution in [3.05, 3.63) is 53.9 Å². The lowest BCUT2D eigenvalue weighted by Gasteiger charge is -2.42. The van der Waals surface area contributed by atoms with Crippen LogP contribution in [0.3, 0.4) is 0 Å². The van der Waals surface area contributed by atoms with Crippen molar-refractivity contribution >= 4 is 5.91 Å². The summed E-state index contributed by atoms with van der Waals surface area (Å²) in [5.74, 6) is 0.114. The first-order valence-electron chi connectivity index (χ1n) is 9.16. The van der Waals surface area contributed by atoms with Gasteiger partial charge < -0.3 is 14.7 Å². The minimum absolute atomic E-state index is 0.0988. The maximum atomic E-state index is 12.6. The smallest absolute Gasteiger partial charge is 0.222 e. The van der Waals surface area contributed by atoms with Crippen LogP contribution in [0.5, 0.6) is 0 Å². The van der Waals surface area contributed by atoms with Crippen LogP contribution >= 0.6 is 0 Å². The fraction of sp³-hybridized carbons (Fsp3) is 0.500. The molecule has 1 aromatic carbocycles. The summed E-state index contributed by atoms with van der Waals surface area (Å²) in [6.07, 6.45) is 5.48. The topological polar surface area (TPSA) is 67.6 Å². The zero-order valence-electron chi connectivity index (χ0n) is 15.3. The van der Waals surface area contributed by atoms with Crippen molar-refractivity contribution in [2.24, 2.45) is 0 Å². The van der Waals surface area contributed by atoms with Crippen LogP contribution in [0, 0.1) is 6.92 Å². The molecule has 1 atom stereocenters. The predicted molar refractivity (Wildman–Crippen MR) is 98.7 cm³/mol. The van der Waals surface area contributed by atoms with Gasteiger partial charge in [-0.2, -0.15) is 5.10 Å². The van der Waals surface area contributed by atoms with E-state index in [1.807, 2.05) is 34.0 Å². The van der Waals surface area contributed by atoms with Gasteiger partial charge in [-0.05, 0) is 30.5 Å². The Labute approximate surface area is 154 Å². The van der Waals surface area contributed by atoms with Gasteiger partial charge >= 0.3 is 0 Å². The molecule has 0 aliphatic carbocycles. The molecule has 1 aliphatic heterocycles. The van der Waals surface area contributed by atoms with Crippen LogP contribution in [-0.4, -0.2) is 57.6 Å². The zero-order valence-corrected chi connectivity index (χ0v) is 15.3. The molecule has 0 radical (unpaired) electrons. The Morgan fingerprint density at radius 2 is 2.19 bits per heavy atom. The predicted octanol–water partition coefficient (Wildman–Crippen LogP) is 1.80. The van der Waals surface area contributed by atoms with E-state index in [1.54, 1.807) is 6.20 Å². The molecule has 6 heteroatoms. The van der Waals surface area contributed by atoms with Crippen molar-refractivity contribution in [2.45, 2.75) is 38.3 Å². The Kier molecular flexibility index (Phi) is 6.06. The van der Waals surface area contributed by atoms with E-state index in [0.29, 0.717) is 32.5 Å². The maximum Gasteiger partial charge on any atom is 0.222 e. The Hall–Kier alpha value is -2.18. The molecule has 2 heterocycles. The van der Waals surface area contributed by atoms with Gasteiger partial charge in [0, 0.05) is 38.3 Å². The van der Waals surface area contributed by atoms with E-state index >= 15 is 0 Å². The minimum Gasteiger partial charge on any atom is -0.393 e. The summed E-state index contributed by atoms with van der Waals surface area (Å²) in [7, 11) is 0. The third-order valence-electron chi connectivity index (χ3n) is 5.00. The standard InChI is InChI=1S/C20H27N3O3/c1-17-6-2-3-7-18(17)14-20(16-24)15-22(12-13-26-20)19(25)8-4-10-23-11-5-9-21-23/h2-3,5-7,9,11,24H,4,8,10,12-16H2,1H3/t20-/m1/s1. The number of rotatable bonds is 7. The van der Waals surface area contributed by atoms with Crippen LogP contribution in [-0.2, 0) is 22.5 Å². The molecular weight excluding hydrogens is 330 g/mol. The quantitative estimate of drug-likeness (QED) is 0.821. The molecule has 6 nitrogen and oxygen atoms in total. The fourth-order valence-corrected chi connectivity index (χ4v) is 3.45. The first kappa shape index (κ1) is 18.6. The van der Waals surface area contributed by atoms with Gasteiger partial charge in [-0.25, -0.2) is 0 Å². The lowest BCUT2D eigenvalue weighted by atomic mass is 9.91. The molecule has 1 aliphatic rings. The van der Waals surface area contributed by atoms with Crippen molar-refractivity contribution in [1.82, 2.24) is 14.7 Å². The summed E-state index contributed by atoms with van der Waals surface area (Å²) < 4.78 is 7.80. The Morgan fingerprint density at radius 1 is 1.35 bits per heavy atom. The van der Waals surface area contributed by atoms with Gasteiger partial charge in [-0.1, -0.05) is 24.3 Å². The molecular formula is C20H27N3O3. The zero-order chi connectivity index (χ0) is 18.4. The monoisotopic (exact) mass is 357 g/mol. The molecule has 26 heavy (non-hydrogen) atoms. The molecule has 140 valence electrons. The van der Waals surface area contributed by atoms with Crippen LogP contribution in [0.4, 0.5) is 0 Å². The number of hydrogen-bond acceptors (Lipinski definition) is 4. The average Bonchev–Trinajstić information content (AvgIpc) is 3.17. The summed E-state index contributed by atoms with van der Waals surface area (Å²) in [5.41, 5.74) is 1.60. The molecule has 2 aromatic rings. The van der Waals surface area contributed by atoms with E-state index in [-0.39, 0.29) is 12.5 Å². The number of aliphatic hydroxyl groups is 1. The highest BCUT2D eigenvalue weighted by molar-refractivity contribution is 5.76. The highest BCUT2D eigenvalue weighted by atomic mass is 16.5. The molecule has 3 rings (SSSR count). The van der Waals surface area contributed by atoms with Crippen molar-refractivity contribution in [1.29, 1.82) is 0 Å². The van der Waals surface area contributed by atoms with Crippen LogP contribution < -0.4 is 0 Å². The molecule has 0 unspecified atom stereocenters. The second-order valence-corrected chi connectivity index (χ2v) is 6.98. The van der Waals surface area contributed by atoms with Gasteiger partial charge in [0.15, 0.2) is 0 Å². The SMILES string of the molecule is Cc1ccccc1C[C@]1(CO)CN(C(=O)CCCn2cccn2)CCO1. The summed E-state index contributed by atoms with van der Waals surface area (Å²) in [4.78, 5) is 14.4. The Bertz CT molecular complexity index is 717. The number of carbonyl (C=O) groups excluding carboxylic acids is 1. The first-order valence-corrected chi connectivity index (χ1v) is 9.16. The molecule has 1 aromatic heterocycles. The number of ether oxygens (including phenoxy) is 1. The summed E-state index contributed by atoms with van der Waals surface area (Å²) >= 11 is 0. The largest absolute Gasteiger partial charge is 0.393 e. The van der Waals surface area contributed by atoms with Crippen molar-refractivity contribution in [3.8, 4) is 0 Å². The van der Waals surface area contributed by atoms with Crippen molar-refractivity contribution in [3.63, 3.8) is 0 Å². The van der Waals surface area contributed by atoms with E-state index in [9.17, 15) is 9.90 Å². The lowest BCUT2D eigenvalue weighted by Crippen LogP contribution is -2.56. The van der Waals surface area contributed by atoms with Crippen molar-refractivity contribution in [2.75, 3.05) is 26.3 Å². The first-order chi connectivity index (χ1) is 12.6. The number of carbonyl (C=O) groups is 1. The summed E-state index contributed by atoms with van der Waals surface area (Å²) in [5, 5.41) is 14.2. The second-order valence-electron chi connectivity index (χ2n) is 6.98. The minimum atomic E-state index is -0.720. The number of benzene rings is 1. The summed E-state index contributed by atoms with van der Waals surface area (Å²) in [6.45, 7) is 4.16. The van der Waals surface area contributed by atoms with Gasteiger partial charge in [-0.3, -0.25) is 9.48 Å². The van der Waals surface area contributed by atoms with Crippen LogP contribution in [0.25, 0.3) is 0 Å². The third kappa shape index (κ3) is 4.51. The second kappa shape index (κ2) is 8.47. The van der Waals surface area contributed by atoms with Gasteiger partial charge in [0.2, 0.25) is 5.91 Å². The van der Waals surface area contributed by atoms with Gasteiger partial charge in [0.05, 0.1) is 19.8 Å². The molecule has 1 amide bonds. The molecule has 0 saturated carbocycles. The molecule has 0 bridgehead atoms. The molecule has 1 N–H and O–H groups in total. The Morgan fingerprint density at radius 3 is 2.92 bits per heavy atom. The normalized spacial score (nSPS) is 20.3. The molecule has 1 fully saturated rings. The average molecular weight is 357 g/mol. The number of morpholine rings is 1. The number of aromatic nitrogens is 2. The third-order valence-corrected chi connectivity index (χ3v) is 5.00. The van der Waals surface area contributed by atoms with Crippen molar-refractivity contribution < 1.29 is 14.6 Å². The van der Waals surface area contributed by atoms with Gasteiger partial charge in [0.1, 0.15) is 5.60 Å². The highest BCUT2D eigenvalue weighted by Gasteiger charge is 2.38. The number of nitrogens with zero attached hydrogens (tertiary/aromatic N) is 3. The van der Waals surface area contributed by atoms with Crippen LogP contribution in [0.2, 0.25) is 0 Å². The number of aliphatic hydroxyl groups excluding tert-OH is 1. The number of amides is 1. The van der Waals surface area contributed by atoms with E-state index in [2.05, 4.69) is 24.2 Å².